The Morgan fingerprint density at radius 3 is 2.59 bits per heavy atom. The molecule has 1 aliphatic rings. The summed E-state index contributed by atoms with van der Waals surface area (Å²) in [5.74, 6) is 1.36. The summed E-state index contributed by atoms with van der Waals surface area (Å²) < 4.78 is 11.3. The van der Waals surface area contributed by atoms with E-state index in [0.717, 1.165) is 17.3 Å². The van der Waals surface area contributed by atoms with Crippen molar-refractivity contribution in [3.05, 3.63) is 28.7 Å². The maximum absolute atomic E-state index is 11.6. The van der Waals surface area contributed by atoms with E-state index in [1.807, 2.05) is 25.1 Å². The third-order valence-electron chi connectivity index (χ3n) is 2.78. The summed E-state index contributed by atoms with van der Waals surface area (Å²) in [5, 5.41) is 1.88. The first-order valence-corrected chi connectivity index (χ1v) is 7.95. The van der Waals surface area contributed by atoms with Gasteiger partial charge >= 0.3 is 0 Å². The topological polar surface area (TPSA) is 64.6 Å². The van der Waals surface area contributed by atoms with Crippen molar-refractivity contribution in [2.45, 2.75) is 20.8 Å². The molecule has 0 unspecified atom stereocenters. The Balaban J connectivity index is 2.23. The molecular weight excluding hydrogens is 302 g/mol. The molecule has 22 heavy (non-hydrogen) atoms. The van der Waals surface area contributed by atoms with Gasteiger partial charge in [-0.25, -0.2) is 0 Å². The Hall–Kier alpha value is -1.95. The number of hydrogen-bond acceptors (Lipinski definition) is 5. The third-order valence-corrected chi connectivity index (χ3v) is 3.59. The number of carbonyl (C=O) groups is 2. The molecule has 0 spiro atoms. The molecule has 1 aromatic rings. The van der Waals surface area contributed by atoms with Crippen molar-refractivity contribution >= 4 is 29.0 Å². The van der Waals surface area contributed by atoms with E-state index in [1.54, 1.807) is 6.08 Å². The third kappa shape index (κ3) is 4.27. The molecule has 0 saturated carbocycles. The van der Waals surface area contributed by atoms with Gasteiger partial charge in [-0.2, -0.15) is 0 Å². The zero-order valence-corrected chi connectivity index (χ0v) is 13.7. The van der Waals surface area contributed by atoms with Crippen LogP contribution in [0.2, 0.25) is 0 Å². The zero-order chi connectivity index (χ0) is 16.1. The molecule has 1 aliphatic heterocycles. The highest BCUT2D eigenvalue weighted by molar-refractivity contribution is 8.18. The van der Waals surface area contributed by atoms with Gasteiger partial charge in [0.25, 0.3) is 11.1 Å². The Kier molecular flexibility index (Phi) is 5.49. The van der Waals surface area contributed by atoms with E-state index in [0.29, 0.717) is 35.5 Å². The van der Waals surface area contributed by atoms with Crippen LogP contribution < -0.4 is 14.8 Å². The van der Waals surface area contributed by atoms with Crippen LogP contribution in [0.4, 0.5) is 4.79 Å². The summed E-state index contributed by atoms with van der Waals surface area (Å²) >= 11 is 0.896. The Labute approximate surface area is 134 Å². The summed E-state index contributed by atoms with van der Waals surface area (Å²) in [6.07, 6.45) is 1.67. The fourth-order valence-electron chi connectivity index (χ4n) is 1.83. The molecule has 0 bridgehead atoms. The summed E-state index contributed by atoms with van der Waals surface area (Å²) in [6, 6.07) is 5.46. The monoisotopic (exact) mass is 321 g/mol. The Morgan fingerprint density at radius 1 is 1.23 bits per heavy atom. The SMILES string of the molecule is CCOc1cc(/C=C2/SC(=O)NC2=O)ccc1OCC(C)C. The molecule has 0 aliphatic carbocycles. The predicted molar refractivity (Wildman–Crippen MR) is 87.1 cm³/mol. The van der Waals surface area contributed by atoms with Crippen molar-refractivity contribution in [1.29, 1.82) is 0 Å². The molecule has 0 atom stereocenters. The standard InChI is InChI=1S/C16H19NO4S/c1-4-20-13-7-11(5-6-12(13)21-9-10(2)3)8-14-15(18)17-16(19)22-14/h5-8,10H,4,9H2,1-3H3,(H,17,18,19)/b14-8+. The molecule has 1 fully saturated rings. The highest BCUT2D eigenvalue weighted by Crippen LogP contribution is 2.32. The highest BCUT2D eigenvalue weighted by atomic mass is 32.2. The van der Waals surface area contributed by atoms with Crippen molar-refractivity contribution in [1.82, 2.24) is 5.32 Å². The van der Waals surface area contributed by atoms with Gasteiger partial charge in [0.1, 0.15) is 0 Å². The molecule has 0 aromatic heterocycles. The van der Waals surface area contributed by atoms with Crippen LogP contribution in [0.3, 0.4) is 0 Å². The minimum Gasteiger partial charge on any atom is -0.490 e. The number of imide groups is 1. The largest absolute Gasteiger partial charge is 0.490 e. The maximum Gasteiger partial charge on any atom is 0.290 e. The fraction of sp³-hybridized carbons (Fsp3) is 0.375. The lowest BCUT2D eigenvalue weighted by Gasteiger charge is -2.14. The smallest absolute Gasteiger partial charge is 0.290 e. The molecule has 1 heterocycles. The van der Waals surface area contributed by atoms with E-state index in [9.17, 15) is 9.59 Å². The van der Waals surface area contributed by atoms with Crippen LogP contribution in [0.15, 0.2) is 23.1 Å². The minimum absolute atomic E-state index is 0.349. The van der Waals surface area contributed by atoms with E-state index in [2.05, 4.69) is 19.2 Å². The van der Waals surface area contributed by atoms with E-state index in [4.69, 9.17) is 9.47 Å². The summed E-state index contributed by atoms with van der Waals surface area (Å²) in [6.45, 7) is 7.17. The quantitative estimate of drug-likeness (QED) is 0.813. The first-order valence-electron chi connectivity index (χ1n) is 7.14. The number of ether oxygens (including phenoxy) is 2. The average Bonchev–Trinajstić information content (AvgIpc) is 2.76. The van der Waals surface area contributed by atoms with Gasteiger partial charge in [0.05, 0.1) is 18.1 Å². The lowest BCUT2D eigenvalue weighted by atomic mass is 10.2. The number of rotatable bonds is 6. The number of benzene rings is 1. The fourth-order valence-corrected chi connectivity index (χ4v) is 2.51. The molecule has 2 rings (SSSR count). The normalized spacial score (nSPS) is 16.3. The minimum atomic E-state index is -0.368. The van der Waals surface area contributed by atoms with Gasteiger partial charge in [-0.05, 0) is 48.4 Å². The van der Waals surface area contributed by atoms with E-state index in [-0.39, 0.29) is 11.1 Å². The van der Waals surface area contributed by atoms with Crippen molar-refractivity contribution in [2.75, 3.05) is 13.2 Å². The van der Waals surface area contributed by atoms with Gasteiger partial charge in [-0.15, -0.1) is 0 Å². The van der Waals surface area contributed by atoms with Gasteiger partial charge in [0, 0.05) is 0 Å². The molecule has 1 saturated heterocycles. The lowest BCUT2D eigenvalue weighted by molar-refractivity contribution is -0.115. The summed E-state index contributed by atoms with van der Waals surface area (Å²) in [5.41, 5.74) is 0.785. The number of carbonyl (C=O) groups excluding carboxylic acids is 2. The molecule has 118 valence electrons. The van der Waals surface area contributed by atoms with Crippen LogP contribution in [0.5, 0.6) is 11.5 Å². The number of hydrogen-bond donors (Lipinski definition) is 1. The lowest BCUT2D eigenvalue weighted by Crippen LogP contribution is -2.17. The van der Waals surface area contributed by atoms with Gasteiger partial charge in [0.15, 0.2) is 11.5 Å². The molecule has 5 nitrogen and oxygen atoms in total. The summed E-state index contributed by atoms with van der Waals surface area (Å²) in [4.78, 5) is 23.1. The number of thioether (sulfide) groups is 1. The van der Waals surface area contributed by atoms with Crippen LogP contribution >= 0.6 is 11.8 Å². The predicted octanol–water partition coefficient (Wildman–Crippen LogP) is 3.44. The summed E-state index contributed by atoms with van der Waals surface area (Å²) in [7, 11) is 0. The van der Waals surface area contributed by atoms with Crippen LogP contribution in [-0.2, 0) is 4.79 Å². The van der Waals surface area contributed by atoms with Crippen LogP contribution in [0.1, 0.15) is 26.3 Å². The maximum atomic E-state index is 11.6. The molecule has 6 heteroatoms. The van der Waals surface area contributed by atoms with E-state index in [1.165, 1.54) is 0 Å². The first kappa shape index (κ1) is 16.4. The molecule has 1 N–H and O–H groups in total. The Morgan fingerprint density at radius 2 is 2.00 bits per heavy atom. The highest BCUT2D eigenvalue weighted by Gasteiger charge is 2.25. The van der Waals surface area contributed by atoms with E-state index >= 15 is 0 Å². The van der Waals surface area contributed by atoms with Gasteiger partial charge in [-0.3, -0.25) is 14.9 Å². The first-order chi connectivity index (χ1) is 10.5. The van der Waals surface area contributed by atoms with Crippen molar-refractivity contribution in [2.24, 2.45) is 5.92 Å². The molecule has 0 radical (unpaired) electrons. The zero-order valence-electron chi connectivity index (χ0n) is 12.8. The van der Waals surface area contributed by atoms with Crippen LogP contribution in [0.25, 0.3) is 6.08 Å². The number of amides is 2. The van der Waals surface area contributed by atoms with Gasteiger partial charge in [-0.1, -0.05) is 19.9 Å². The van der Waals surface area contributed by atoms with Gasteiger partial charge < -0.3 is 9.47 Å². The van der Waals surface area contributed by atoms with Crippen molar-refractivity contribution in [3.63, 3.8) is 0 Å². The van der Waals surface area contributed by atoms with E-state index < -0.39 is 0 Å². The van der Waals surface area contributed by atoms with Crippen molar-refractivity contribution in [3.8, 4) is 11.5 Å². The van der Waals surface area contributed by atoms with Crippen LogP contribution in [0, 0.1) is 5.92 Å². The second-order valence-corrected chi connectivity index (χ2v) is 6.21. The Bertz CT molecular complexity index is 610. The number of nitrogens with one attached hydrogen (secondary N) is 1. The molecule has 2 amide bonds. The van der Waals surface area contributed by atoms with Gasteiger partial charge in [0.2, 0.25) is 0 Å². The second kappa shape index (κ2) is 7.35. The van der Waals surface area contributed by atoms with Crippen LogP contribution in [-0.4, -0.2) is 24.4 Å². The molecular formula is C16H19NO4S. The molecule has 1 aromatic carbocycles. The average molecular weight is 321 g/mol. The second-order valence-electron chi connectivity index (χ2n) is 5.20. The van der Waals surface area contributed by atoms with Crippen molar-refractivity contribution < 1.29 is 19.1 Å².